The Morgan fingerprint density at radius 1 is 1.10 bits per heavy atom. The molecular weight excluding hydrogens is 549 g/mol. The summed E-state index contributed by atoms with van der Waals surface area (Å²) in [6.45, 7) is 4.89. The van der Waals surface area contributed by atoms with E-state index in [4.69, 9.17) is 4.98 Å². The van der Waals surface area contributed by atoms with E-state index in [-0.39, 0.29) is 29.9 Å². The van der Waals surface area contributed by atoms with E-state index in [2.05, 4.69) is 31.2 Å². The molecule has 0 bridgehead atoms. The van der Waals surface area contributed by atoms with Crippen molar-refractivity contribution < 1.29 is 17.4 Å². The van der Waals surface area contributed by atoms with Crippen LogP contribution in [0.3, 0.4) is 0 Å². The number of benzene rings is 2. The third-order valence-corrected chi connectivity index (χ3v) is 8.47. The molecule has 3 N–H and O–H groups in total. The summed E-state index contributed by atoms with van der Waals surface area (Å²) in [5.41, 5.74) is 4.11. The normalized spacial score (nSPS) is 18.9. The van der Waals surface area contributed by atoms with Gasteiger partial charge in [0.2, 0.25) is 12.4 Å². The monoisotopic (exact) mass is 582 g/mol. The molecule has 11 heteroatoms. The van der Waals surface area contributed by atoms with Crippen LogP contribution >= 0.6 is 0 Å². The summed E-state index contributed by atoms with van der Waals surface area (Å²) in [5.74, 6) is 3.08. The van der Waals surface area contributed by atoms with Crippen LogP contribution in [-0.4, -0.2) is 50.6 Å². The number of pyridine rings is 1. The molecule has 3 heterocycles. The fourth-order valence-electron chi connectivity index (χ4n) is 5.00. The van der Waals surface area contributed by atoms with Gasteiger partial charge in [-0.2, -0.15) is 0 Å². The Morgan fingerprint density at radius 3 is 2.59 bits per heavy atom. The minimum Gasteiger partial charge on any atom is -0.350 e. The Balaban J connectivity index is 1.39. The minimum atomic E-state index is -2.83. The SMILES string of the molecule is C=S(=O)(Cc1ccccc1)Nc1ccc(-c2cc(C(C)C)c3nc(N[C@@H]4CNC[C@@H](C(F)F)C4)ncc3n2)cc1F. The molecule has 216 valence electrons. The highest BCUT2D eigenvalue weighted by molar-refractivity contribution is 8.00. The molecule has 7 nitrogen and oxygen atoms in total. The Labute approximate surface area is 238 Å². The Kier molecular flexibility index (Phi) is 8.46. The van der Waals surface area contributed by atoms with E-state index in [1.807, 2.05) is 50.2 Å². The molecule has 0 spiro atoms. The van der Waals surface area contributed by atoms with Gasteiger partial charge >= 0.3 is 0 Å². The average molecular weight is 583 g/mol. The summed E-state index contributed by atoms with van der Waals surface area (Å²) < 4.78 is 57.4. The molecule has 1 unspecified atom stereocenters. The Bertz CT molecular complexity index is 1630. The van der Waals surface area contributed by atoms with Crippen molar-refractivity contribution in [3.8, 4) is 11.3 Å². The highest BCUT2D eigenvalue weighted by Gasteiger charge is 2.28. The fraction of sp³-hybridized carbons (Fsp3) is 0.333. The number of alkyl halides is 2. The topological polar surface area (TPSA) is 91.8 Å². The summed E-state index contributed by atoms with van der Waals surface area (Å²) in [6.07, 6.45) is -0.466. The van der Waals surface area contributed by atoms with Crippen molar-refractivity contribution in [2.75, 3.05) is 23.1 Å². The number of nitrogens with one attached hydrogen (secondary N) is 3. The summed E-state index contributed by atoms with van der Waals surface area (Å²) >= 11 is 0. The molecule has 0 amide bonds. The summed E-state index contributed by atoms with van der Waals surface area (Å²) in [7, 11) is -2.83. The Morgan fingerprint density at radius 2 is 1.88 bits per heavy atom. The molecule has 2 aromatic heterocycles. The molecule has 0 radical (unpaired) electrons. The number of nitrogens with zero attached hydrogens (tertiary/aromatic N) is 3. The van der Waals surface area contributed by atoms with Crippen LogP contribution in [0.1, 0.15) is 37.3 Å². The van der Waals surface area contributed by atoms with Crippen LogP contribution in [0.2, 0.25) is 0 Å². The van der Waals surface area contributed by atoms with E-state index < -0.39 is 27.9 Å². The lowest BCUT2D eigenvalue weighted by atomic mass is 9.96. The predicted octanol–water partition coefficient (Wildman–Crippen LogP) is 5.85. The molecule has 5 rings (SSSR count). The number of rotatable bonds is 9. The van der Waals surface area contributed by atoms with Gasteiger partial charge in [0.25, 0.3) is 0 Å². The van der Waals surface area contributed by atoms with Gasteiger partial charge in [0.15, 0.2) is 0 Å². The van der Waals surface area contributed by atoms with Crippen molar-refractivity contribution in [2.45, 2.75) is 44.4 Å². The third kappa shape index (κ3) is 6.97. The second kappa shape index (κ2) is 12.0. The zero-order chi connectivity index (χ0) is 29.1. The van der Waals surface area contributed by atoms with Crippen LogP contribution in [0.15, 0.2) is 60.8 Å². The Hall–Kier alpha value is -3.70. The lowest BCUT2D eigenvalue weighted by Gasteiger charge is -2.30. The summed E-state index contributed by atoms with van der Waals surface area (Å²) in [5, 5.41) is 6.23. The number of hydrogen-bond donors (Lipinski definition) is 3. The highest BCUT2D eigenvalue weighted by atomic mass is 32.2. The molecule has 0 saturated carbocycles. The maximum atomic E-state index is 15.2. The van der Waals surface area contributed by atoms with Crippen LogP contribution in [0.25, 0.3) is 22.3 Å². The van der Waals surface area contributed by atoms with Crippen LogP contribution < -0.4 is 15.4 Å². The minimum absolute atomic E-state index is 0.0705. The number of piperidine rings is 1. The standard InChI is InChI=1S/C30H33F3N6OS/c1-18(2)23-13-26(20-9-10-25(24(31)12-20)39-41(3,40)17-19-7-5-4-6-8-19)37-27-16-35-30(38-28(23)27)36-22-11-21(29(32)33)14-34-15-22/h4-10,12-13,16,18,21-22,29,34H,3,11,14-15,17H2,1-2H3,(H,39,40)(H,35,36,38)/t21-,22-,41?/m0/s1. The first-order valence-electron chi connectivity index (χ1n) is 13.5. The highest BCUT2D eigenvalue weighted by Crippen LogP contribution is 2.31. The van der Waals surface area contributed by atoms with Crippen molar-refractivity contribution >= 4 is 38.2 Å². The third-order valence-electron chi connectivity index (χ3n) is 7.08. The van der Waals surface area contributed by atoms with Gasteiger partial charge in [0.05, 0.1) is 28.8 Å². The van der Waals surface area contributed by atoms with E-state index >= 15 is 4.39 Å². The molecular formula is C30H33F3N6OS. The van der Waals surface area contributed by atoms with Gasteiger partial charge in [-0.25, -0.2) is 32.3 Å². The molecule has 1 aliphatic heterocycles. The molecule has 2 aromatic carbocycles. The van der Waals surface area contributed by atoms with E-state index in [0.717, 1.165) is 11.1 Å². The van der Waals surface area contributed by atoms with Crippen LogP contribution in [-0.2, 0) is 15.5 Å². The van der Waals surface area contributed by atoms with E-state index in [0.29, 0.717) is 41.2 Å². The lowest BCUT2D eigenvalue weighted by Crippen LogP contribution is -2.45. The van der Waals surface area contributed by atoms with Gasteiger partial charge in [0.1, 0.15) is 11.3 Å². The molecule has 1 saturated heterocycles. The lowest BCUT2D eigenvalue weighted by molar-refractivity contribution is 0.0606. The summed E-state index contributed by atoms with van der Waals surface area (Å²) in [6, 6.07) is 15.5. The van der Waals surface area contributed by atoms with Crippen molar-refractivity contribution in [2.24, 2.45) is 5.92 Å². The first-order chi connectivity index (χ1) is 19.6. The molecule has 1 fully saturated rings. The van der Waals surface area contributed by atoms with Crippen molar-refractivity contribution in [3.63, 3.8) is 0 Å². The quantitative estimate of drug-likeness (QED) is 0.215. The smallest absolute Gasteiger partial charge is 0.242 e. The number of hydrogen-bond acceptors (Lipinski definition) is 6. The van der Waals surface area contributed by atoms with Gasteiger partial charge < -0.3 is 15.4 Å². The second-order valence-electron chi connectivity index (χ2n) is 10.7. The number of aromatic nitrogens is 3. The molecule has 4 aromatic rings. The van der Waals surface area contributed by atoms with Crippen molar-refractivity contribution in [1.29, 1.82) is 0 Å². The van der Waals surface area contributed by atoms with Crippen molar-refractivity contribution in [1.82, 2.24) is 20.3 Å². The molecule has 3 atom stereocenters. The van der Waals surface area contributed by atoms with Crippen molar-refractivity contribution in [3.05, 3.63) is 77.7 Å². The first-order valence-corrected chi connectivity index (χ1v) is 15.4. The fourth-order valence-corrected chi connectivity index (χ4v) is 6.37. The van der Waals surface area contributed by atoms with Crippen LogP contribution in [0, 0.1) is 11.7 Å². The second-order valence-corrected chi connectivity index (χ2v) is 12.9. The zero-order valence-corrected chi connectivity index (χ0v) is 23.7. The number of anilines is 2. The maximum Gasteiger partial charge on any atom is 0.242 e. The molecule has 0 aliphatic carbocycles. The molecule has 41 heavy (non-hydrogen) atoms. The maximum absolute atomic E-state index is 15.2. The van der Waals surface area contributed by atoms with Gasteiger partial charge in [0, 0.05) is 40.3 Å². The van der Waals surface area contributed by atoms with Crippen LogP contribution in [0.4, 0.5) is 24.8 Å². The van der Waals surface area contributed by atoms with E-state index in [1.54, 1.807) is 12.3 Å². The van der Waals surface area contributed by atoms with E-state index in [1.165, 1.54) is 12.1 Å². The molecule has 1 aliphatic rings. The number of halogens is 3. The van der Waals surface area contributed by atoms with Crippen LogP contribution in [0.5, 0.6) is 0 Å². The average Bonchev–Trinajstić information content (AvgIpc) is 2.94. The summed E-state index contributed by atoms with van der Waals surface area (Å²) in [4.78, 5) is 13.8. The van der Waals surface area contributed by atoms with Gasteiger partial charge in [-0.15, -0.1) is 0 Å². The number of fused-ring (bicyclic) bond motifs is 1. The van der Waals surface area contributed by atoms with Gasteiger partial charge in [-0.3, -0.25) is 0 Å². The van der Waals surface area contributed by atoms with E-state index in [9.17, 15) is 13.0 Å². The predicted molar refractivity (Wildman–Crippen MR) is 160 cm³/mol. The first kappa shape index (κ1) is 28.8. The van der Waals surface area contributed by atoms with Gasteiger partial charge in [-0.1, -0.05) is 50.2 Å². The zero-order valence-electron chi connectivity index (χ0n) is 22.9. The van der Waals surface area contributed by atoms with Gasteiger partial charge in [-0.05, 0) is 47.5 Å². The largest absolute Gasteiger partial charge is 0.350 e.